The van der Waals surface area contributed by atoms with Gasteiger partial charge in [-0.1, -0.05) is 36.3 Å². The van der Waals surface area contributed by atoms with E-state index in [-0.39, 0.29) is 12.5 Å². The van der Waals surface area contributed by atoms with Crippen molar-refractivity contribution in [1.29, 1.82) is 0 Å². The molecule has 0 N–H and O–H groups in total. The molecule has 0 radical (unpaired) electrons. The lowest BCUT2D eigenvalue weighted by atomic mass is 10.1. The summed E-state index contributed by atoms with van der Waals surface area (Å²) in [7, 11) is 0. The summed E-state index contributed by atoms with van der Waals surface area (Å²) in [5, 5.41) is 8.09. The van der Waals surface area contributed by atoms with Crippen LogP contribution in [0.15, 0.2) is 71.5 Å². The van der Waals surface area contributed by atoms with E-state index in [1.165, 1.54) is 5.56 Å². The first-order chi connectivity index (χ1) is 13.7. The van der Waals surface area contributed by atoms with Gasteiger partial charge in [-0.05, 0) is 42.3 Å². The van der Waals surface area contributed by atoms with Crippen molar-refractivity contribution in [3.63, 3.8) is 0 Å². The maximum absolute atomic E-state index is 12.2. The summed E-state index contributed by atoms with van der Waals surface area (Å²) in [6.07, 6.45) is 4.49. The highest BCUT2D eigenvalue weighted by atomic mass is 16.6. The fourth-order valence-corrected chi connectivity index (χ4v) is 2.70. The van der Waals surface area contributed by atoms with E-state index in [2.05, 4.69) is 22.2 Å². The Balaban J connectivity index is 1.37. The summed E-state index contributed by atoms with van der Waals surface area (Å²) in [6, 6.07) is 16.8. The summed E-state index contributed by atoms with van der Waals surface area (Å²) in [4.78, 5) is 16.5. The molecule has 0 aliphatic heterocycles. The maximum Gasteiger partial charge on any atom is 0.338 e. The third-order valence-corrected chi connectivity index (χ3v) is 4.29. The second-order valence-electron chi connectivity index (χ2n) is 6.14. The van der Waals surface area contributed by atoms with Crippen LogP contribution in [-0.4, -0.2) is 25.9 Å². The van der Waals surface area contributed by atoms with E-state index in [1.54, 1.807) is 35.1 Å². The predicted octanol–water partition coefficient (Wildman–Crippen LogP) is 3.84. The Morgan fingerprint density at radius 3 is 2.57 bits per heavy atom. The van der Waals surface area contributed by atoms with Crippen LogP contribution in [-0.2, 0) is 17.8 Å². The number of benzene rings is 2. The van der Waals surface area contributed by atoms with E-state index in [9.17, 15) is 4.79 Å². The van der Waals surface area contributed by atoms with Gasteiger partial charge in [0.2, 0.25) is 5.82 Å². The fourth-order valence-electron chi connectivity index (χ4n) is 2.70. The van der Waals surface area contributed by atoms with E-state index >= 15 is 0 Å². The van der Waals surface area contributed by atoms with Gasteiger partial charge in [-0.15, -0.1) is 0 Å². The van der Waals surface area contributed by atoms with Crippen LogP contribution in [0.2, 0.25) is 0 Å². The van der Waals surface area contributed by atoms with Crippen molar-refractivity contribution in [3.05, 3.63) is 84.0 Å². The number of carbonyl (C=O) groups is 1. The second-order valence-corrected chi connectivity index (χ2v) is 6.14. The van der Waals surface area contributed by atoms with Crippen molar-refractivity contribution in [2.75, 3.05) is 0 Å². The molecule has 0 saturated heterocycles. The molecule has 0 fully saturated rings. The molecule has 0 atom stereocenters. The number of carbonyl (C=O) groups excluding carboxylic acids is 1. The Morgan fingerprint density at radius 2 is 1.89 bits per heavy atom. The molecule has 140 valence electrons. The largest absolute Gasteiger partial charge is 0.452 e. The second kappa shape index (κ2) is 7.87. The monoisotopic (exact) mass is 374 g/mol. The fraction of sp³-hybridized carbons (Fsp3) is 0.143. The molecule has 2 heterocycles. The van der Waals surface area contributed by atoms with Crippen LogP contribution < -0.4 is 0 Å². The van der Waals surface area contributed by atoms with Crippen molar-refractivity contribution >= 4 is 5.97 Å². The highest BCUT2D eigenvalue weighted by Crippen LogP contribution is 2.17. The van der Waals surface area contributed by atoms with Crippen LogP contribution in [0.3, 0.4) is 0 Å². The van der Waals surface area contributed by atoms with Crippen molar-refractivity contribution in [2.24, 2.45) is 0 Å². The minimum Gasteiger partial charge on any atom is -0.452 e. The highest BCUT2D eigenvalue weighted by molar-refractivity contribution is 5.89. The Labute approximate surface area is 161 Å². The van der Waals surface area contributed by atoms with Crippen LogP contribution in [0.4, 0.5) is 0 Å². The first kappa shape index (κ1) is 17.7. The Hall–Kier alpha value is -3.74. The molecule has 2 aromatic carbocycles. The minimum absolute atomic E-state index is 0.0835. The van der Waals surface area contributed by atoms with E-state index in [4.69, 9.17) is 9.26 Å². The summed E-state index contributed by atoms with van der Waals surface area (Å²) in [5.74, 6) is 0.257. The highest BCUT2D eigenvalue weighted by Gasteiger charge is 2.13. The third-order valence-electron chi connectivity index (χ3n) is 4.29. The van der Waals surface area contributed by atoms with Crippen LogP contribution >= 0.6 is 0 Å². The van der Waals surface area contributed by atoms with Gasteiger partial charge >= 0.3 is 5.97 Å². The Morgan fingerprint density at radius 1 is 1.11 bits per heavy atom. The molecule has 0 aliphatic carbocycles. The molecule has 0 amide bonds. The number of hydrogen-bond acceptors (Lipinski definition) is 6. The van der Waals surface area contributed by atoms with Gasteiger partial charge in [-0.3, -0.25) is 0 Å². The number of aromatic nitrogens is 4. The first-order valence-electron chi connectivity index (χ1n) is 8.92. The van der Waals surface area contributed by atoms with Crippen molar-refractivity contribution < 1.29 is 14.1 Å². The summed E-state index contributed by atoms with van der Waals surface area (Å²) in [6.45, 7) is 2.01. The molecule has 0 spiro atoms. The molecule has 0 unspecified atom stereocenters. The lowest BCUT2D eigenvalue weighted by Gasteiger charge is -2.04. The zero-order chi connectivity index (χ0) is 19.3. The first-order valence-corrected chi connectivity index (χ1v) is 8.92. The topological polar surface area (TPSA) is 83.0 Å². The SMILES string of the molecule is CCc1ccc(-c2noc(COC(=O)c3ccc(-n4cccn4)cc3)n2)cc1. The number of esters is 1. The van der Waals surface area contributed by atoms with Gasteiger partial charge < -0.3 is 9.26 Å². The molecule has 0 bridgehead atoms. The van der Waals surface area contributed by atoms with E-state index in [1.807, 2.05) is 36.5 Å². The standard InChI is InChI=1S/C21H18N4O3/c1-2-15-4-6-16(7-5-15)20-23-19(28-24-20)14-27-21(26)17-8-10-18(11-9-17)25-13-3-12-22-25/h3-13H,2,14H2,1H3. The maximum atomic E-state index is 12.2. The number of nitrogens with zero attached hydrogens (tertiary/aromatic N) is 4. The molecule has 7 nitrogen and oxygen atoms in total. The molecule has 0 aliphatic rings. The third kappa shape index (κ3) is 3.83. The molecule has 28 heavy (non-hydrogen) atoms. The van der Waals surface area contributed by atoms with Gasteiger partial charge in [0, 0.05) is 18.0 Å². The van der Waals surface area contributed by atoms with E-state index in [0.29, 0.717) is 11.4 Å². The van der Waals surface area contributed by atoms with Crippen LogP contribution in [0, 0.1) is 0 Å². The Bertz CT molecular complexity index is 1050. The molecular weight excluding hydrogens is 356 g/mol. The van der Waals surface area contributed by atoms with Gasteiger partial charge in [-0.2, -0.15) is 10.1 Å². The Kier molecular flexibility index (Phi) is 4.97. The van der Waals surface area contributed by atoms with Gasteiger partial charge in [0.1, 0.15) is 0 Å². The van der Waals surface area contributed by atoms with E-state index in [0.717, 1.165) is 17.7 Å². The van der Waals surface area contributed by atoms with Crippen molar-refractivity contribution in [1.82, 2.24) is 19.9 Å². The lowest BCUT2D eigenvalue weighted by Crippen LogP contribution is -2.06. The van der Waals surface area contributed by atoms with Crippen LogP contribution in [0.1, 0.15) is 28.7 Å². The molecule has 2 aromatic heterocycles. The molecular formula is C21H18N4O3. The van der Waals surface area contributed by atoms with Gasteiger partial charge in [0.25, 0.3) is 5.89 Å². The summed E-state index contributed by atoms with van der Waals surface area (Å²) in [5.41, 5.74) is 3.38. The minimum atomic E-state index is -0.459. The van der Waals surface area contributed by atoms with Gasteiger partial charge in [-0.25, -0.2) is 9.48 Å². The lowest BCUT2D eigenvalue weighted by molar-refractivity contribution is 0.0430. The van der Waals surface area contributed by atoms with Crippen LogP contribution in [0.5, 0.6) is 0 Å². The average Bonchev–Trinajstić information content (AvgIpc) is 3.44. The quantitative estimate of drug-likeness (QED) is 0.477. The number of hydrogen-bond donors (Lipinski definition) is 0. The number of aryl methyl sites for hydroxylation is 1. The summed E-state index contributed by atoms with van der Waals surface area (Å²) < 4.78 is 12.2. The van der Waals surface area contributed by atoms with Crippen molar-refractivity contribution in [2.45, 2.75) is 20.0 Å². The molecule has 7 heteroatoms. The van der Waals surface area contributed by atoms with Gasteiger partial charge in [0.05, 0.1) is 11.3 Å². The van der Waals surface area contributed by atoms with Crippen LogP contribution in [0.25, 0.3) is 17.1 Å². The molecule has 4 aromatic rings. The smallest absolute Gasteiger partial charge is 0.338 e. The zero-order valence-corrected chi connectivity index (χ0v) is 15.3. The zero-order valence-electron chi connectivity index (χ0n) is 15.3. The molecule has 0 saturated carbocycles. The van der Waals surface area contributed by atoms with Crippen molar-refractivity contribution in [3.8, 4) is 17.1 Å². The number of rotatable bonds is 6. The average molecular weight is 374 g/mol. The van der Waals surface area contributed by atoms with Gasteiger partial charge in [0.15, 0.2) is 6.61 Å². The predicted molar refractivity (Wildman–Crippen MR) is 102 cm³/mol. The number of ether oxygens (including phenoxy) is 1. The summed E-state index contributed by atoms with van der Waals surface area (Å²) >= 11 is 0. The molecule has 4 rings (SSSR count). The van der Waals surface area contributed by atoms with E-state index < -0.39 is 5.97 Å². The normalized spacial score (nSPS) is 10.8.